The summed E-state index contributed by atoms with van der Waals surface area (Å²) in [7, 11) is 0. The molecule has 0 saturated carbocycles. The fraction of sp³-hybridized carbons (Fsp3) is 0.353. The highest BCUT2D eigenvalue weighted by atomic mass is 19.1. The van der Waals surface area contributed by atoms with Gasteiger partial charge >= 0.3 is 0 Å². The first-order valence-corrected chi connectivity index (χ1v) is 6.98. The molecule has 1 N–H and O–H groups in total. The van der Waals surface area contributed by atoms with Gasteiger partial charge in [0.15, 0.2) is 11.6 Å². The standard InChI is InChI=1S/C17H21FN2O/c1-12-7-8-14(18)15(10-12)21-16-13(6-5-9-19-16)11-20-17(2,3)4/h5-10,20H,11H2,1-4H3. The molecule has 0 unspecified atom stereocenters. The lowest BCUT2D eigenvalue weighted by Gasteiger charge is -2.21. The van der Waals surface area contributed by atoms with E-state index in [-0.39, 0.29) is 17.1 Å². The minimum absolute atomic E-state index is 0.0122. The summed E-state index contributed by atoms with van der Waals surface area (Å²) in [5.41, 5.74) is 1.83. The van der Waals surface area contributed by atoms with Crippen LogP contribution in [0.1, 0.15) is 31.9 Å². The lowest BCUT2D eigenvalue weighted by Crippen LogP contribution is -2.35. The van der Waals surface area contributed by atoms with Gasteiger partial charge in [0.05, 0.1) is 0 Å². The molecule has 1 aromatic heterocycles. The predicted molar refractivity (Wildman–Crippen MR) is 82.0 cm³/mol. The Bertz CT molecular complexity index is 620. The van der Waals surface area contributed by atoms with Gasteiger partial charge in [0, 0.05) is 23.8 Å². The van der Waals surface area contributed by atoms with E-state index in [9.17, 15) is 4.39 Å². The maximum atomic E-state index is 13.8. The Morgan fingerprint density at radius 3 is 2.71 bits per heavy atom. The zero-order chi connectivity index (χ0) is 15.5. The van der Waals surface area contributed by atoms with E-state index in [0.29, 0.717) is 12.4 Å². The van der Waals surface area contributed by atoms with Crippen molar-refractivity contribution in [2.45, 2.75) is 39.8 Å². The van der Waals surface area contributed by atoms with Gasteiger partial charge in [-0.25, -0.2) is 9.37 Å². The maximum absolute atomic E-state index is 13.8. The number of pyridine rings is 1. The van der Waals surface area contributed by atoms with Crippen molar-refractivity contribution >= 4 is 0 Å². The van der Waals surface area contributed by atoms with Gasteiger partial charge in [-0.1, -0.05) is 12.1 Å². The molecular formula is C17H21FN2O. The molecule has 4 heteroatoms. The van der Waals surface area contributed by atoms with Gasteiger partial charge in [0.1, 0.15) is 0 Å². The third-order valence-electron chi connectivity index (χ3n) is 2.95. The number of hydrogen-bond donors (Lipinski definition) is 1. The zero-order valence-corrected chi connectivity index (χ0v) is 12.9. The van der Waals surface area contributed by atoms with Gasteiger partial charge in [-0.3, -0.25) is 0 Å². The molecular weight excluding hydrogens is 267 g/mol. The van der Waals surface area contributed by atoms with Crippen LogP contribution >= 0.6 is 0 Å². The predicted octanol–water partition coefficient (Wildman–Crippen LogP) is 4.21. The number of benzene rings is 1. The molecule has 0 bridgehead atoms. The number of ether oxygens (including phenoxy) is 1. The Morgan fingerprint density at radius 1 is 1.24 bits per heavy atom. The first-order valence-electron chi connectivity index (χ1n) is 6.98. The highest BCUT2D eigenvalue weighted by Crippen LogP contribution is 2.26. The lowest BCUT2D eigenvalue weighted by molar-refractivity contribution is 0.399. The van der Waals surface area contributed by atoms with Crippen LogP contribution in [0.5, 0.6) is 11.6 Å². The molecule has 0 saturated heterocycles. The minimum atomic E-state index is -0.388. The van der Waals surface area contributed by atoms with Crippen LogP contribution in [0.3, 0.4) is 0 Å². The number of aryl methyl sites for hydroxylation is 1. The van der Waals surface area contributed by atoms with Crippen molar-refractivity contribution in [3.8, 4) is 11.6 Å². The number of nitrogens with zero attached hydrogens (tertiary/aromatic N) is 1. The lowest BCUT2D eigenvalue weighted by atomic mass is 10.1. The van der Waals surface area contributed by atoms with E-state index in [1.807, 2.05) is 19.1 Å². The van der Waals surface area contributed by atoms with Gasteiger partial charge in [0.25, 0.3) is 0 Å². The van der Waals surface area contributed by atoms with Crippen LogP contribution < -0.4 is 10.1 Å². The number of rotatable bonds is 4. The molecule has 0 aliphatic heterocycles. The summed E-state index contributed by atoms with van der Waals surface area (Å²) in [6, 6.07) is 8.56. The quantitative estimate of drug-likeness (QED) is 0.915. The Balaban J connectivity index is 2.22. The smallest absolute Gasteiger partial charge is 0.223 e. The summed E-state index contributed by atoms with van der Waals surface area (Å²) in [5, 5.41) is 3.38. The summed E-state index contributed by atoms with van der Waals surface area (Å²) in [6.45, 7) is 8.77. The van der Waals surface area contributed by atoms with Crippen LogP contribution in [0.2, 0.25) is 0 Å². The molecule has 0 atom stereocenters. The number of hydrogen-bond acceptors (Lipinski definition) is 3. The topological polar surface area (TPSA) is 34.1 Å². The fourth-order valence-electron chi connectivity index (χ4n) is 1.80. The normalized spacial score (nSPS) is 11.5. The molecule has 1 heterocycles. The number of halogens is 1. The van der Waals surface area contributed by atoms with Crippen molar-refractivity contribution in [1.29, 1.82) is 0 Å². The zero-order valence-electron chi connectivity index (χ0n) is 12.9. The molecule has 2 rings (SSSR count). The second-order valence-corrected chi connectivity index (χ2v) is 6.11. The van der Waals surface area contributed by atoms with E-state index in [1.54, 1.807) is 18.3 Å². The first kappa shape index (κ1) is 15.4. The summed E-state index contributed by atoms with van der Waals surface area (Å²) < 4.78 is 19.5. The molecule has 112 valence electrons. The monoisotopic (exact) mass is 288 g/mol. The second kappa shape index (κ2) is 6.22. The van der Waals surface area contributed by atoms with Crippen LogP contribution in [0.25, 0.3) is 0 Å². The van der Waals surface area contributed by atoms with E-state index in [0.717, 1.165) is 11.1 Å². The third-order valence-corrected chi connectivity index (χ3v) is 2.95. The van der Waals surface area contributed by atoms with E-state index in [2.05, 4.69) is 31.1 Å². The summed E-state index contributed by atoms with van der Waals surface area (Å²) in [6.07, 6.45) is 1.64. The van der Waals surface area contributed by atoms with E-state index in [4.69, 9.17) is 4.74 Å². The fourth-order valence-corrected chi connectivity index (χ4v) is 1.80. The van der Waals surface area contributed by atoms with Crippen molar-refractivity contribution in [3.05, 3.63) is 53.5 Å². The Hall–Kier alpha value is -1.94. The molecule has 0 aliphatic rings. The van der Waals surface area contributed by atoms with Crippen LogP contribution in [-0.2, 0) is 6.54 Å². The van der Waals surface area contributed by atoms with Crippen molar-refractivity contribution in [2.75, 3.05) is 0 Å². The van der Waals surface area contributed by atoms with Gasteiger partial charge in [-0.15, -0.1) is 0 Å². The highest BCUT2D eigenvalue weighted by molar-refractivity contribution is 5.35. The van der Waals surface area contributed by atoms with Crippen LogP contribution in [0.15, 0.2) is 36.5 Å². The average Bonchev–Trinajstić information content (AvgIpc) is 2.41. The van der Waals surface area contributed by atoms with Crippen molar-refractivity contribution in [3.63, 3.8) is 0 Å². The molecule has 3 nitrogen and oxygen atoms in total. The molecule has 0 amide bonds. The molecule has 0 radical (unpaired) electrons. The minimum Gasteiger partial charge on any atom is -0.436 e. The van der Waals surface area contributed by atoms with Gasteiger partial charge in [0.2, 0.25) is 5.88 Å². The van der Waals surface area contributed by atoms with E-state index in [1.165, 1.54) is 6.07 Å². The van der Waals surface area contributed by atoms with E-state index < -0.39 is 0 Å². The third kappa shape index (κ3) is 4.53. The van der Waals surface area contributed by atoms with Crippen LogP contribution in [-0.4, -0.2) is 10.5 Å². The van der Waals surface area contributed by atoms with Gasteiger partial charge in [-0.05, 0) is 51.5 Å². The molecule has 0 aliphatic carbocycles. The van der Waals surface area contributed by atoms with E-state index >= 15 is 0 Å². The molecule has 0 spiro atoms. The summed E-state index contributed by atoms with van der Waals surface area (Å²) >= 11 is 0. The molecule has 2 aromatic rings. The summed E-state index contributed by atoms with van der Waals surface area (Å²) in [5.74, 6) is 0.241. The van der Waals surface area contributed by atoms with Crippen molar-refractivity contribution in [1.82, 2.24) is 10.3 Å². The molecule has 0 fully saturated rings. The molecule has 21 heavy (non-hydrogen) atoms. The van der Waals surface area contributed by atoms with Crippen molar-refractivity contribution in [2.24, 2.45) is 0 Å². The summed E-state index contributed by atoms with van der Waals surface area (Å²) in [4.78, 5) is 4.22. The maximum Gasteiger partial charge on any atom is 0.223 e. The van der Waals surface area contributed by atoms with Gasteiger partial charge < -0.3 is 10.1 Å². The van der Waals surface area contributed by atoms with Crippen LogP contribution in [0.4, 0.5) is 4.39 Å². The SMILES string of the molecule is Cc1ccc(F)c(Oc2ncccc2CNC(C)(C)C)c1. The first-order chi connectivity index (χ1) is 9.85. The number of nitrogens with one attached hydrogen (secondary N) is 1. The van der Waals surface area contributed by atoms with Crippen molar-refractivity contribution < 1.29 is 9.13 Å². The average molecular weight is 288 g/mol. The van der Waals surface area contributed by atoms with Gasteiger partial charge in [-0.2, -0.15) is 0 Å². The Labute approximate surface area is 125 Å². The highest BCUT2D eigenvalue weighted by Gasteiger charge is 2.13. The molecule has 1 aromatic carbocycles. The second-order valence-electron chi connectivity index (χ2n) is 6.11. The Kier molecular flexibility index (Phi) is 4.58. The number of aromatic nitrogens is 1. The Morgan fingerprint density at radius 2 is 2.00 bits per heavy atom. The largest absolute Gasteiger partial charge is 0.436 e. The van der Waals surface area contributed by atoms with Crippen LogP contribution in [0, 0.1) is 12.7 Å².